The van der Waals surface area contributed by atoms with Gasteiger partial charge in [-0.15, -0.1) is 0 Å². The van der Waals surface area contributed by atoms with E-state index in [0.717, 1.165) is 0 Å². The van der Waals surface area contributed by atoms with Crippen LogP contribution in [0.25, 0.3) is 0 Å². The van der Waals surface area contributed by atoms with Crippen molar-refractivity contribution in [3.8, 4) is 0 Å². The Bertz CT molecular complexity index is 442. The van der Waals surface area contributed by atoms with Crippen LogP contribution in [0.2, 0.25) is 0 Å². The van der Waals surface area contributed by atoms with Crippen LogP contribution in [-0.4, -0.2) is 80.1 Å². The van der Waals surface area contributed by atoms with Crippen molar-refractivity contribution in [2.24, 2.45) is 5.92 Å². The number of hydrogen-bond donors (Lipinski definition) is 6. The van der Waals surface area contributed by atoms with Gasteiger partial charge in [0.15, 0.2) is 5.60 Å². The van der Waals surface area contributed by atoms with Crippen LogP contribution in [0.5, 0.6) is 0 Å². The fourth-order valence-electron chi connectivity index (χ4n) is 2.80. The van der Waals surface area contributed by atoms with Gasteiger partial charge in [-0.1, -0.05) is 13.8 Å². The maximum absolute atomic E-state index is 11.7. The minimum absolute atomic E-state index is 0.288. The van der Waals surface area contributed by atoms with E-state index in [1.165, 1.54) is 6.92 Å². The fraction of sp³-hybridized carbons (Fsp3) is 0.857. The van der Waals surface area contributed by atoms with E-state index in [4.69, 9.17) is 9.84 Å². The van der Waals surface area contributed by atoms with Gasteiger partial charge in [0.05, 0.1) is 18.8 Å². The number of carboxylic acids is 1. The third-order valence-corrected chi connectivity index (χ3v) is 4.21. The zero-order valence-corrected chi connectivity index (χ0v) is 13.3. The van der Waals surface area contributed by atoms with Gasteiger partial charge in [0.1, 0.15) is 18.3 Å². The monoisotopic (exact) mass is 335 g/mol. The molecule has 1 rings (SSSR count). The van der Waals surface area contributed by atoms with Gasteiger partial charge in [0.25, 0.3) is 0 Å². The lowest BCUT2D eigenvalue weighted by Gasteiger charge is -2.48. The molecular weight excluding hydrogens is 310 g/mol. The Morgan fingerprint density at radius 1 is 1.35 bits per heavy atom. The van der Waals surface area contributed by atoms with E-state index in [1.807, 2.05) is 0 Å². The molecule has 0 bridgehead atoms. The molecule has 0 radical (unpaired) electrons. The van der Waals surface area contributed by atoms with Crippen molar-refractivity contribution < 1.29 is 39.9 Å². The molecule has 0 aromatic heterocycles. The van der Waals surface area contributed by atoms with Crippen LogP contribution in [0, 0.1) is 5.92 Å². The lowest BCUT2D eigenvalue weighted by atomic mass is 9.78. The summed E-state index contributed by atoms with van der Waals surface area (Å²) in [5.74, 6) is -2.38. The number of hydrogen-bond acceptors (Lipinski definition) is 7. The van der Waals surface area contributed by atoms with E-state index in [1.54, 1.807) is 13.8 Å². The summed E-state index contributed by atoms with van der Waals surface area (Å²) in [5.41, 5.74) is -1.78. The summed E-state index contributed by atoms with van der Waals surface area (Å²) in [6.07, 6.45) is -6.30. The Labute approximate surface area is 133 Å². The predicted molar refractivity (Wildman–Crippen MR) is 77.4 cm³/mol. The first-order chi connectivity index (χ1) is 10.6. The van der Waals surface area contributed by atoms with Crippen molar-refractivity contribution in [2.45, 2.75) is 63.3 Å². The van der Waals surface area contributed by atoms with Gasteiger partial charge in [-0.3, -0.25) is 4.79 Å². The molecule has 1 fully saturated rings. The molecule has 23 heavy (non-hydrogen) atoms. The topological polar surface area (TPSA) is 157 Å². The highest BCUT2D eigenvalue weighted by atomic mass is 16.6. The van der Waals surface area contributed by atoms with Crippen LogP contribution in [0.15, 0.2) is 0 Å². The summed E-state index contributed by atoms with van der Waals surface area (Å²) in [6.45, 7) is 3.59. The lowest BCUT2D eigenvalue weighted by Crippen LogP contribution is -2.68. The Kier molecular flexibility index (Phi) is 6.49. The van der Waals surface area contributed by atoms with Gasteiger partial charge in [-0.25, -0.2) is 4.79 Å². The number of carbonyl (C=O) groups is 2. The van der Waals surface area contributed by atoms with Crippen molar-refractivity contribution in [1.29, 1.82) is 0 Å². The molecule has 1 unspecified atom stereocenters. The largest absolute Gasteiger partial charge is 0.479 e. The number of carboxylic acid groups (broad SMARTS) is 1. The van der Waals surface area contributed by atoms with E-state index < -0.39 is 60.5 Å². The summed E-state index contributed by atoms with van der Waals surface area (Å²) in [5, 5.41) is 51.0. The summed E-state index contributed by atoms with van der Waals surface area (Å²) in [6, 6.07) is -1.12. The van der Waals surface area contributed by atoms with Crippen LogP contribution in [0.3, 0.4) is 0 Å². The molecule has 1 aliphatic heterocycles. The quantitative estimate of drug-likeness (QED) is 0.320. The Hall–Kier alpha value is -1.26. The number of aliphatic hydroxyl groups excluding tert-OH is 4. The highest BCUT2D eigenvalue weighted by molar-refractivity contribution is 5.78. The van der Waals surface area contributed by atoms with Gasteiger partial charge >= 0.3 is 5.97 Å². The third-order valence-electron chi connectivity index (χ3n) is 4.21. The molecule has 9 heteroatoms. The van der Waals surface area contributed by atoms with E-state index in [9.17, 15) is 30.0 Å². The van der Waals surface area contributed by atoms with Gasteiger partial charge in [-0.2, -0.15) is 0 Å². The molecule has 1 saturated heterocycles. The molecule has 0 aromatic carbocycles. The predicted octanol–water partition coefficient (Wildman–Crippen LogP) is -2.17. The second-order valence-corrected chi connectivity index (χ2v) is 6.17. The molecule has 1 aliphatic rings. The minimum atomic E-state index is -1.78. The Morgan fingerprint density at radius 3 is 2.30 bits per heavy atom. The lowest BCUT2D eigenvalue weighted by molar-refractivity contribution is -0.240. The van der Waals surface area contributed by atoms with Crippen LogP contribution in [0.1, 0.15) is 27.2 Å². The average molecular weight is 335 g/mol. The zero-order chi connectivity index (χ0) is 17.9. The molecule has 6 atom stereocenters. The molecule has 1 heterocycles. The average Bonchev–Trinajstić information content (AvgIpc) is 2.46. The second-order valence-electron chi connectivity index (χ2n) is 6.17. The summed E-state index contributed by atoms with van der Waals surface area (Å²) < 4.78 is 5.57. The molecule has 1 amide bonds. The van der Waals surface area contributed by atoms with Crippen LogP contribution >= 0.6 is 0 Å². The van der Waals surface area contributed by atoms with Gasteiger partial charge in [0, 0.05) is 13.3 Å². The third kappa shape index (κ3) is 3.99. The van der Waals surface area contributed by atoms with Crippen molar-refractivity contribution in [1.82, 2.24) is 5.32 Å². The summed E-state index contributed by atoms with van der Waals surface area (Å²) in [7, 11) is 0. The number of rotatable bonds is 6. The van der Waals surface area contributed by atoms with E-state index in [-0.39, 0.29) is 6.42 Å². The standard InChI is InChI=1S/C14H25NO8/c1-6(2)14(13(21)22)4-8(18)10(15-7(3)17)12(23-14)11(20)9(19)5-16/h6,8-12,16,18-20H,4-5H2,1-3H3,(H,15,17)(H,21,22)/t8-,9+,10+,11+,12?,14-/m0/s1. The number of amides is 1. The molecular formula is C14H25NO8. The van der Waals surface area contributed by atoms with Crippen LogP contribution < -0.4 is 5.32 Å². The molecule has 6 N–H and O–H groups in total. The van der Waals surface area contributed by atoms with E-state index >= 15 is 0 Å². The fourth-order valence-corrected chi connectivity index (χ4v) is 2.80. The van der Waals surface area contributed by atoms with Crippen molar-refractivity contribution >= 4 is 11.9 Å². The molecule has 0 spiro atoms. The molecule has 0 saturated carbocycles. The summed E-state index contributed by atoms with van der Waals surface area (Å²) >= 11 is 0. The van der Waals surface area contributed by atoms with E-state index in [0.29, 0.717) is 0 Å². The molecule has 0 aromatic rings. The first-order valence-corrected chi connectivity index (χ1v) is 7.40. The number of nitrogens with one attached hydrogen (secondary N) is 1. The first kappa shape index (κ1) is 19.8. The van der Waals surface area contributed by atoms with E-state index in [2.05, 4.69) is 5.32 Å². The first-order valence-electron chi connectivity index (χ1n) is 7.40. The zero-order valence-electron chi connectivity index (χ0n) is 13.3. The van der Waals surface area contributed by atoms with Gasteiger partial charge in [0.2, 0.25) is 5.91 Å². The number of aliphatic hydroxyl groups is 4. The van der Waals surface area contributed by atoms with Crippen LogP contribution in [0.4, 0.5) is 0 Å². The van der Waals surface area contributed by atoms with Crippen molar-refractivity contribution in [3.05, 3.63) is 0 Å². The highest BCUT2D eigenvalue weighted by Crippen LogP contribution is 2.37. The number of carbonyl (C=O) groups excluding carboxylic acids is 1. The summed E-state index contributed by atoms with van der Waals surface area (Å²) in [4.78, 5) is 23.0. The number of aliphatic carboxylic acids is 1. The van der Waals surface area contributed by atoms with Gasteiger partial charge in [-0.05, 0) is 5.92 Å². The Morgan fingerprint density at radius 2 is 1.91 bits per heavy atom. The van der Waals surface area contributed by atoms with Crippen molar-refractivity contribution in [3.63, 3.8) is 0 Å². The SMILES string of the molecule is CC(=O)N[C@H]1C([C@H](O)[C@H](O)CO)O[C@](C(=O)O)(C(C)C)C[C@@H]1O. The molecule has 9 nitrogen and oxygen atoms in total. The maximum atomic E-state index is 11.7. The molecule has 134 valence electrons. The highest BCUT2D eigenvalue weighted by Gasteiger charge is 2.55. The normalized spacial score (nSPS) is 34.0. The van der Waals surface area contributed by atoms with Gasteiger partial charge < -0.3 is 35.6 Å². The van der Waals surface area contributed by atoms with Crippen LogP contribution in [-0.2, 0) is 14.3 Å². The molecule has 0 aliphatic carbocycles. The second kappa shape index (κ2) is 7.54. The van der Waals surface area contributed by atoms with Crippen molar-refractivity contribution in [2.75, 3.05) is 6.61 Å². The maximum Gasteiger partial charge on any atom is 0.336 e. The smallest absolute Gasteiger partial charge is 0.336 e. The Balaban J connectivity index is 3.23. The number of ether oxygens (including phenoxy) is 1. The minimum Gasteiger partial charge on any atom is -0.479 e.